The lowest BCUT2D eigenvalue weighted by Crippen LogP contribution is -2.44. The molecule has 2 amide bonds. The molecule has 3 fully saturated rings. The van der Waals surface area contributed by atoms with E-state index in [1.807, 2.05) is 9.80 Å². The van der Waals surface area contributed by atoms with Crippen LogP contribution in [0.25, 0.3) is 0 Å². The summed E-state index contributed by atoms with van der Waals surface area (Å²) in [5, 5.41) is 3.40. The van der Waals surface area contributed by atoms with Crippen LogP contribution in [0.5, 0.6) is 0 Å². The summed E-state index contributed by atoms with van der Waals surface area (Å²) in [6.07, 6.45) is 2.53. The van der Waals surface area contributed by atoms with Gasteiger partial charge in [-0.3, -0.25) is 14.5 Å². The van der Waals surface area contributed by atoms with E-state index in [0.29, 0.717) is 18.9 Å². The van der Waals surface area contributed by atoms with Crippen molar-refractivity contribution in [3.8, 4) is 0 Å². The highest BCUT2D eigenvalue weighted by atomic mass is 16.5. The lowest BCUT2D eigenvalue weighted by molar-refractivity contribution is -0.137. The fraction of sp³-hybridized carbons (Fsp3) is 0.895. The van der Waals surface area contributed by atoms with E-state index in [-0.39, 0.29) is 17.7 Å². The molecule has 1 atom stereocenters. The van der Waals surface area contributed by atoms with Crippen LogP contribution in [-0.2, 0) is 14.3 Å². The van der Waals surface area contributed by atoms with E-state index in [1.165, 1.54) is 0 Å². The van der Waals surface area contributed by atoms with Crippen LogP contribution in [0.1, 0.15) is 26.2 Å². The zero-order valence-corrected chi connectivity index (χ0v) is 16.1. The smallest absolute Gasteiger partial charge is 0.227 e. The molecule has 0 spiro atoms. The van der Waals surface area contributed by atoms with Gasteiger partial charge in [-0.1, -0.05) is 6.92 Å². The molecule has 7 nitrogen and oxygen atoms in total. The summed E-state index contributed by atoms with van der Waals surface area (Å²) in [5.41, 5.74) is 0. The summed E-state index contributed by atoms with van der Waals surface area (Å²) in [6, 6.07) is 0. The molecule has 3 aliphatic heterocycles. The van der Waals surface area contributed by atoms with E-state index in [0.717, 1.165) is 78.4 Å². The summed E-state index contributed by atoms with van der Waals surface area (Å²) in [5.74, 6) is 0.861. The maximum Gasteiger partial charge on any atom is 0.227 e. The number of amides is 2. The van der Waals surface area contributed by atoms with Crippen LogP contribution in [-0.4, -0.2) is 98.6 Å². The Morgan fingerprint density at radius 1 is 1.15 bits per heavy atom. The molecule has 1 N–H and O–H groups in total. The van der Waals surface area contributed by atoms with E-state index in [2.05, 4.69) is 17.1 Å². The second kappa shape index (κ2) is 9.67. The van der Waals surface area contributed by atoms with Gasteiger partial charge in [0, 0.05) is 52.2 Å². The van der Waals surface area contributed by atoms with Crippen molar-refractivity contribution in [3.05, 3.63) is 0 Å². The Morgan fingerprint density at radius 2 is 1.88 bits per heavy atom. The molecule has 7 heteroatoms. The molecule has 26 heavy (non-hydrogen) atoms. The van der Waals surface area contributed by atoms with Crippen LogP contribution in [0.2, 0.25) is 0 Å². The van der Waals surface area contributed by atoms with E-state index in [9.17, 15) is 9.59 Å². The maximum absolute atomic E-state index is 12.8. The molecule has 0 radical (unpaired) electrons. The lowest BCUT2D eigenvalue weighted by Gasteiger charge is -2.33. The number of hydrogen-bond donors (Lipinski definition) is 1. The van der Waals surface area contributed by atoms with Crippen LogP contribution in [0.4, 0.5) is 0 Å². The van der Waals surface area contributed by atoms with E-state index in [1.54, 1.807) is 0 Å². The minimum absolute atomic E-state index is 0.138. The average molecular weight is 367 g/mol. The third-order valence-electron chi connectivity index (χ3n) is 5.96. The fourth-order valence-electron chi connectivity index (χ4n) is 4.20. The summed E-state index contributed by atoms with van der Waals surface area (Å²) in [7, 11) is 0. The van der Waals surface area contributed by atoms with Crippen molar-refractivity contribution in [1.29, 1.82) is 0 Å². The first-order valence-electron chi connectivity index (χ1n) is 10.2. The van der Waals surface area contributed by atoms with Gasteiger partial charge in [0.15, 0.2) is 0 Å². The van der Waals surface area contributed by atoms with Gasteiger partial charge in [0.05, 0.1) is 19.1 Å². The van der Waals surface area contributed by atoms with Crippen molar-refractivity contribution in [1.82, 2.24) is 20.0 Å². The first-order valence-corrected chi connectivity index (χ1v) is 10.2. The number of nitrogens with zero attached hydrogens (tertiary/aromatic N) is 3. The number of nitrogens with one attached hydrogen (secondary N) is 1. The van der Waals surface area contributed by atoms with E-state index >= 15 is 0 Å². The zero-order chi connectivity index (χ0) is 18.4. The normalized spacial score (nSPS) is 25.9. The van der Waals surface area contributed by atoms with Crippen LogP contribution in [0, 0.1) is 11.8 Å². The molecule has 1 unspecified atom stereocenters. The van der Waals surface area contributed by atoms with Gasteiger partial charge >= 0.3 is 0 Å². The molecule has 3 rings (SSSR count). The predicted molar refractivity (Wildman–Crippen MR) is 99.8 cm³/mol. The van der Waals surface area contributed by atoms with Gasteiger partial charge in [-0.2, -0.15) is 0 Å². The van der Waals surface area contributed by atoms with Crippen molar-refractivity contribution < 1.29 is 14.3 Å². The fourth-order valence-corrected chi connectivity index (χ4v) is 4.20. The van der Waals surface area contributed by atoms with Crippen molar-refractivity contribution in [2.75, 3.05) is 72.1 Å². The Morgan fingerprint density at radius 3 is 2.58 bits per heavy atom. The summed E-state index contributed by atoms with van der Waals surface area (Å²) >= 11 is 0. The second-order valence-electron chi connectivity index (χ2n) is 7.77. The second-order valence-corrected chi connectivity index (χ2v) is 7.77. The minimum Gasteiger partial charge on any atom is -0.379 e. The molecular formula is C19H34N4O3. The Hall–Kier alpha value is -1.18. The quantitative estimate of drug-likeness (QED) is 0.688. The molecule has 0 aliphatic carbocycles. The third kappa shape index (κ3) is 5.18. The standard InChI is InChI=1S/C19H34N4O3/c1-2-20-14-16-3-5-22(6-4-16)19(25)17-13-18(24)23(15-17)8-7-21-9-11-26-12-10-21/h16-17,20H,2-15H2,1H3. The molecule has 3 heterocycles. The molecule has 3 aliphatic rings. The SMILES string of the molecule is CCNCC1CCN(C(=O)C2CC(=O)N(CCN3CCOCC3)C2)CC1. The highest BCUT2D eigenvalue weighted by Gasteiger charge is 2.37. The lowest BCUT2D eigenvalue weighted by atomic mass is 9.95. The average Bonchev–Trinajstić information content (AvgIpc) is 3.06. The summed E-state index contributed by atoms with van der Waals surface area (Å²) in [6.45, 7) is 11.5. The Balaban J connectivity index is 1.40. The maximum atomic E-state index is 12.8. The highest BCUT2D eigenvalue weighted by molar-refractivity contribution is 5.89. The molecule has 148 valence electrons. The van der Waals surface area contributed by atoms with Gasteiger partial charge in [-0.25, -0.2) is 0 Å². The number of ether oxygens (including phenoxy) is 1. The first-order chi connectivity index (χ1) is 12.7. The van der Waals surface area contributed by atoms with Gasteiger partial charge in [0.1, 0.15) is 0 Å². The van der Waals surface area contributed by atoms with Crippen molar-refractivity contribution >= 4 is 11.8 Å². The van der Waals surface area contributed by atoms with Gasteiger partial charge in [-0.05, 0) is 31.8 Å². The van der Waals surface area contributed by atoms with E-state index in [4.69, 9.17) is 4.74 Å². The van der Waals surface area contributed by atoms with Crippen LogP contribution in [0.15, 0.2) is 0 Å². The number of carbonyl (C=O) groups excluding carboxylic acids is 2. The number of carbonyl (C=O) groups is 2. The monoisotopic (exact) mass is 366 g/mol. The molecule has 0 aromatic heterocycles. The predicted octanol–water partition coefficient (Wildman–Crippen LogP) is 0.0152. The Labute approximate surface area is 157 Å². The topological polar surface area (TPSA) is 65.1 Å². The summed E-state index contributed by atoms with van der Waals surface area (Å²) in [4.78, 5) is 31.4. The molecule has 0 saturated carbocycles. The van der Waals surface area contributed by atoms with Gasteiger partial charge in [-0.15, -0.1) is 0 Å². The Bertz CT molecular complexity index is 473. The minimum atomic E-state index is -0.141. The van der Waals surface area contributed by atoms with E-state index < -0.39 is 0 Å². The van der Waals surface area contributed by atoms with Gasteiger partial charge < -0.3 is 19.9 Å². The van der Waals surface area contributed by atoms with Crippen LogP contribution < -0.4 is 5.32 Å². The van der Waals surface area contributed by atoms with Crippen LogP contribution in [0.3, 0.4) is 0 Å². The molecule has 0 aromatic rings. The molecular weight excluding hydrogens is 332 g/mol. The third-order valence-corrected chi connectivity index (χ3v) is 5.96. The zero-order valence-electron chi connectivity index (χ0n) is 16.1. The largest absolute Gasteiger partial charge is 0.379 e. The van der Waals surface area contributed by atoms with Gasteiger partial charge in [0.25, 0.3) is 0 Å². The van der Waals surface area contributed by atoms with Crippen LogP contribution >= 0.6 is 0 Å². The number of hydrogen-bond acceptors (Lipinski definition) is 5. The van der Waals surface area contributed by atoms with Crippen molar-refractivity contribution in [2.24, 2.45) is 11.8 Å². The molecule has 0 bridgehead atoms. The molecule has 0 aromatic carbocycles. The highest BCUT2D eigenvalue weighted by Crippen LogP contribution is 2.24. The number of piperidine rings is 1. The number of rotatable bonds is 7. The van der Waals surface area contributed by atoms with Crippen molar-refractivity contribution in [3.63, 3.8) is 0 Å². The molecule has 3 saturated heterocycles. The first kappa shape index (κ1) is 19.6. The number of likely N-dealkylation sites (tertiary alicyclic amines) is 2. The van der Waals surface area contributed by atoms with Crippen molar-refractivity contribution in [2.45, 2.75) is 26.2 Å². The Kier molecular flexibility index (Phi) is 7.28. The summed E-state index contributed by atoms with van der Waals surface area (Å²) < 4.78 is 5.36. The number of morpholine rings is 1. The van der Waals surface area contributed by atoms with Gasteiger partial charge in [0.2, 0.25) is 11.8 Å².